The summed E-state index contributed by atoms with van der Waals surface area (Å²) in [5, 5.41) is 2.58. The minimum Gasteiger partial charge on any atom is -0.453 e. The number of hydrogen-bond acceptors (Lipinski definition) is 6. The Kier molecular flexibility index (Phi) is 5.28. The Hall–Kier alpha value is -3.61. The average molecular weight is 351 g/mol. The molecule has 0 aliphatic carbocycles. The zero-order valence-corrected chi connectivity index (χ0v) is 14.3. The number of benzene rings is 2. The molecule has 132 valence electrons. The molecule has 0 saturated heterocycles. The number of anilines is 1. The first kappa shape index (κ1) is 17.2. The summed E-state index contributed by atoms with van der Waals surface area (Å²) in [6, 6.07) is 16.1. The number of aromatic nitrogens is 2. The Morgan fingerprint density at radius 1 is 0.923 bits per heavy atom. The zero-order valence-electron chi connectivity index (χ0n) is 14.3. The van der Waals surface area contributed by atoms with Gasteiger partial charge in [-0.1, -0.05) is 30.3 Å². The largest absolute Gasteiger partial charge is 0.453 e. The summed E-state index contributed by atoms with van der Waals surface area (Å²) in [5.74, 6) is 1.74. The van der Waals surface area contributed by atoms with Crippen molar-refractivity contribution in [2.75, 3.05) is 12.4 Å². The van der Waals surface area contributed by atoms with Crippen LogP contribution in [-0.2, 0) is 4.74 Å². The van der Waals surface area contributed by atoms with Gasteiger partial charge in [-0.3, -0.25) is 5.32 Å². The number of ether oxygens (including phenoxy) is 3. The Balaban J connectivity index is 1.79. The van der Waals surface area contributed by atoms with E-state index in [2.05, 4.69) is 20.0 Å². The van der Waals surface area contributed by atoms with Gasteiger partial charge in [-0.25, -0.2) is 14.8 Å². The van der Waals surface area contributed by atoms with Crippen LogP contribution in [0.2, 0.25) is 0 Å². The topological polar surface area (TPSA) is 82.6 Å². The van der Waals surface area contributed by atoms with Gasteiger partial charge in [0.2, 0.25) is 11.8 Å². The zero-order chi connectivity index (χ0) is 18.4. The molecule has 1 heterocycles. The van der Waals surface area contributed by atoms with Crippen molar-refractivity contribution in [1.29, 1.82) is 0 Å². The Morgan fingerprint density at radius 3 is 2.23 bits per heavy atom. The maximum atomic E-state index is 11.4. The van der Waals surface area contributed by atoms with Gasteiger partial charge < -0.3 is 14.2 Å². The van der Waals surface area contributed by atoms with Crippen LogP contribution in [0.4, 0.5) is 10.5 Å². The van der Waals surface area contributed by atoms with Crippen molar-refractivity contribution in [2.45, 2.75) is 6.92 Å². The highest BCUT2D eigenvalue weighted by Crippen LogP contribution is 2.30. The van der Waals surface area contributed by atoms with Crippen LogP contribution in [0.5, 0.6) is 23.3 Å². The predicted octanol–water partition coefficient (Wildman–Crippen LogP) is 4.55. The summed E-state index contributed by atoms with van der Waals surface area (Å²) in [6.07, 6.45) is 0.756. The van der Waals surface area contributed by atoms with Crippen molar-refractivity contribution in [2.24, 2.45) is 0 Å². The average Bonchev–Trinajstić information content (AvgIpc) is 2.65. The van der Waals surface area contributed by atoms with Gasteiger partial charge in [0.05, 0.1) is 18.9 Å². The van der Waals surface area contributed by atoms with E-state index in [1.54, 1.807) is 30.3 Å². The molecule has 1 aromatic heterocycles. The SMILES string of the molecule is COC(=O)Nc1ccccc1Oc1cc(Oc2ccccc2C)ncn1. The number of nitrogens with one attached hydrogen (secondary N) is 1. The van der Waals surface area contributed by atoms with Crippen LogP contribution in [0.25, 0.3) is 0 Å². The van der Waals surface area contributed by atoms with E-state index in [0.29, 0.717) is 23.1 Å². The maximum absolute atomic E-state index is 11.4. The van der Waals surface area contributed by atoms with Crippen LogP contribution in [0.1, 0.15) is 5.56 Å². The molecule has 2 aromatic carbocycles. The van der Waals surface area contributed by atoms with E-state index in [1.165, 1.54) is 13.4 Å². The van der Waals surface area contributed by atoms with Crippen molar-refractivity contribution >= 4 is 11.8 Å². The molecule has 26 heavy (non-hydrogen) atoms. The summed E-state index contributed by atoms with van der Waals surface area (Å²) < 4.78 is 16.1. The molecule has 0 aliphatic rings. The molecular formula is C19H17N3O4. The molecular weight excluding hydrogens is 334 g/mol. The van der Waals surface area contributed by atoms with E-state index in [4.69, 9.17) is 9.47 Å². The van der Waals surface area contributed by atoms with Crippen molar-refractivity contribution in [1.82, 2.24) is 9.97 Å². The van der Waals surface area contributed by atoms with Crippen molar-refractivity contribution in [3.05, 3.63) is 66.5 Å². The van der Waals surface area contributed by atoms with Gasteiger partial charge in [0.15, 0.2) is 5.75 Å². The molecule has 7 nitrogen and oxygen atoms in total. The van der Waals surface area contributed by atoms with Crippen molar-refractivity contribution in [3.8, 4) is 23.3 Å². The molecule has 0 atom stereocenters. The van der Waals surface area contributed by atoms with E-state index in [0.717, 1.165) is 5.56 Å². The summed E-state index contributed by atoms with van der Waals surface area (Å²) in [5.41, 5.74) is 1.44. The van der Waals surface area contributed by atoms with Gasteiger partial charge in [0.1, 0.15) is 12.1 Å². The molecule has 0 saturated carbocycles. The molecule has 0 unspecified atom stereocenters. The number of nitrogens with zero attached hydrogens (tertiary/aromatic N) is 2. The number of hydrogen-bond donors (Lipinski definition) is 1. The third kappa shape index (κ3) is 4.27. The first-order chi connectivity index (χ1) is 12.7. The van der Waals surface area contributed by atoms with Crippen LogP contribution in [0.15, 0.2) is 60.9 Å². The van der Waals surface area contributed by atoms with Gasteiger partial charge in [0, 0.05) is 0 Å². The molecule has 0 radical (unpaired) electrons. The lowest BCUT2D eigenvalue weighted by Crippen LogP contribution is -2.11. The fourth-order valence-corrected chi connectivity index (χ4v) is 2.15. The van der Waals surface area contributed by atoms with Gasteiger partial charge in [0.25, 0.3) is 0 Å². The van der Waals surface area contributed by atoms with Crippen molar-refractivity contribution in [3.63, 3.8) is 0 Å². The fourth-order valence-electron chi connectivity index (χ4n) is 2.15. The Morgan fingerprint density at radius 2 is 1.54 bits per heavy atom. The smallest absolute Gasteiger partial charge is 0.411 e. The summed E-state index contributed by atoms with van der Waals surface area (Å²) in [4.78, 5) is 19.6. The summed E-state index contributed by atoms with van der Waals surface area (Å²) >= 11 is 0. The van der Waals surface area contributed by atoms with Crippen LogP contribution < -0.4 is 14.8 Å². The van der Waals surface area contributed by atoms with Gasteiger partial charge in [-0.05, 0) is 30.7 Å². The number of para-hydroxylation sites is 3. The van der Waals surface area contributed by atoms with Gasteiger partial charge in [-0.2, -0.15) is 0 Å². The van der Waals surface area contributed by atoms with Crippen LogP contribution in [-0.4, -0.2) is 23.2 Å². The fraction of sp³-hybridized carbons (Fsp3) is 0.105. The quantitative estimate of drug-likeness (QED) is 0.726. The number of carbonyl (C=O) groups is 1. The Bertz CT molecular complexity index is 915. The lowest BCUT2D eigenvalue weighted by atomic mass is 10.2. The van der Waals surface area contributed by atoms with Crippen molar-refractivity contribution < 1.29 is 19.0 Å². The molecule has 1 amide bonds. The monoisotopic (exact) mass is 351 g/mol. The number of amides is 1. The number of methoxy groups -OCH3 is 1. The lowest BCUT2D eigenvalue weighted by molar-refractivity contribution is 0.187. The maximum Gasteiger partial charge on any atom is 0.411 e. The molecule has 7 heteroatoms. The molecule has 3 rings (SSSR count). The van der Waals surface area contributed by atoms with Gasteiger partial charge >= 0.3 is 6.09 Å². The van der Waals surface area contributed by atoms with Gasteiger partial charge in [-0.15, -0.1) is 0 Å². The van der Waals surface area contributed by atoms with E-state index in [1.807, 2.05) is 31.2 Å². The highest BCUT2D eigenvalue weighted by Gasteiger charge is 2.10. The molecule has 3 aromatic rings. The Labute approximate surface area is 150 Å². The number of carbonyl (C=O) groups excluding carboxylic acids is 1. The number of aryl methyl sites for hydroxylation is 1. The molecule has 0 bridgehead atoms. The molecule has 0 spiro atoms. The minimum atomic E-state index is -0.590. The van der Waals surface area contributed by atoms with E-state index in [9.17, 15) is 4.79 Å². The van der Waals surface area contributed by atoms with E-state index in [-0.39, 0.29) is 5.88 Å². The van der Waals surface area contributed by atoms with Crippen LogP contribution in [0.3, 0.4) is 0 Å². The minimum absolute atomic E-state index is 0.280. The summed E-state index contributed by atoms with van der Waals surface area (Å²) in [7, 11) is 1.29. The van der Waals surface area contributed by atoms with Crippen LogP contribution in [0, 0.1) is 6.92 Å². The summed E-state index contributed by atoms with van der Waals surface area (Å²) in [6.45, 7) is 1.95. The molecule has 1 N–H and O–H groups in total. The van der Waals surface area contributed by atoms with E-state index < -0.39 is 6.09 Å². The number of rotatable bonds is 5. The predicted molar refractivity (Wildman–Crippen MR) is 95.8 cm³/mol. The standard InChI is InChI=1S/C19H17N3O4/c1-13-7-3-5-9-15(13)25-17-11-18(21-12-20-17)26-16-10-6-4-8-14(16)22-19(23)24-2/h3-12H,1-2H3,(H,22,23). The molecule has 0 aliphatic heterocycles. The normalized spacial score (nSPS) is 10.1. The highest BCUT2D eigenvalue weighted by molar-refractivity contribution is 5.86. The second-order valence-electron chi connectivity index (χ2n) is 5.28. The van der Waals surface area contributed by atoms with E-state index >= 15 is 0 Å². The molecule has 0 fully saturated rings. The second kappa shape index (κ2) is 7.98. The highest BCUT2D eigenvalue weighted by atomic mass is 16.5. The first-order valence-electron chi connectivity index (χ1n) is 7.83. The lowest BCUT2D eigenvalue weighted by Gasteiger charge is -2.12. The third-order valence-corrected chi connectivity index (χ3v) is 3.45. The van der Waals surface area contributed by atoms with Crippen LogP contribution >= 0.6 is 0 Å². The third-order valence-electron chi connectivity index (χ3n) is 3.45. The first-order valence-corrected chi connectivity index (χ1v) is 7.83. The second-order valence-corrected chi connectivity index (χ2v) is 5.28.